The quantitative estimate of drug-likeness (QED) is 0.691. The van der Waals surface area contributed by atoms with Gasteiger partial charge in [0.1, 0.15) is 0 Å². The SMILES string of the molecule is CC(NC(=O)C1CSCCN1)(C(=O)O)C(F)(F)F. The Bertz CT molecular complexity index is 344. The number of amides is 1. The van der Waals surface area contributed by atoms with Gasteiger partial charge in [0.2, 0.25) is 11.4 Å². The molecule has 1 saturated heterocycles. The molecule has 5 nitrogen and oxygen atoms in total. The Hall–Kier alpha value is -0.960. The number of carbonyl (C=O) groups excluding carboxylic acids is 1. The number of aliphatic carboxylic acids is 1. The van der Waals surface area contributed by atoms with Gasteiger partial charge in [-0.1, -0.05) is 0 Å². The van der Waals surface area contributed by atoms with Crippen LogP contribution in [0, 0.1) is 0 Å². The van der Waals surface area contributed by atoms with Crippen molar-refractivity contribution in [3.8, 4) is 0 Å². The first-order valence-corrected chi connectivity index (χ1v) is 6.27. The van der Waals surface area contributed by atoms with Crippen LogP contribution in [0.2, 0.25) is 0 Å². The fourth-order valence-electron chi connectivity index (χ4n) is 1.31. The summed E-state index contributed by atoms with van der Waals surface area (Å²) in [6, 6.07) is -0.801. The average molecular weight is 286 g/mol. The van der Waals surface area contributed by atoms with E-state index in [4.69, 9.17) is 5.11 Å². The maximum atomic E-state index is 12.7. The van der Waals surface area contributed by atoms with Gasteiger partial charge in [-0.3, -0.25) is 4.79 Å². The molecule has 2 atom stereocenters. The summed E-state index contributed by atoms with van der Waals surface area (Å²) in [7, 11) is 0. The third kappa shape index (κ3) is 3.08. The lowest BCUT2D eigenvalue weighted by molar-refractivity contribution is -0.207. The summed E-state index contributed by atoms with van der Waals surface area (Å²) in [5.41, 5.74) is -3.27. The Morgan fingerprint density at radius 2 is 2.06 bits per heavy atom. The molecule has 1 rings (SSSR count). The zero-order valence-corrected chi connectivity index (χ0v) is 10.3. The van der Waals surface area contributed by atoms with E-state index in [9.17, 15) is 22.8 Å². The van der Waals surface area contributed by atoms with Crippen LogP contribution < -0.4 is 10.6 Å². The normalized spacial score (nSPS) is 24.1. The van der Waals surface area contributed by atoms with Crippen LogP contribution in [0.3, 0.4) is 0 Å². The second-order valence-corrected chi connectivity index (χ2v) is 5.15. The molecule has 2 unspecified atom stereocenters. The molecule has 0 aromatic rings. The highest BCUT2D eigenvalue weighted by Gasteiger charge is 2.58. The van der Waals surface area contributed by atoms with E-state index < -0.39 is 29.6 Å². The van der Waals surface area contributed by atoms with E-state index in [-0.39, 0.29) is 0 Å². The fourth-order valence-corrected chi connectivity index (χ4v) is 2.25. The number of thioether (sulfide) groups is 1. The van der Waals surface area contributed by atoms with Crippen LogP contribution in [-0.2, 0) is 9.59 Å². The van der Waals surface area contributed by atoms with E-state index in [1.165, 1.54) is 11.8 Å². The van der Waals surface area contributed by atoms with E-state index in [0.717, 1.165) is 5.75 Å². The average Bonchev–Trinajstić information content (AvgIpc) is 2.28. The Morgan fingerprint density at radius 3 is 2.44 bits per heavy atom. The monoisotopic (exact) mass is 286 g/mol. The highest BCUT2D eigenvalue weighted by molar-refractivity contribution is 7.99. The summed E-state index contributed by atoms with van der Waals surface area (Å²) in [6.07, 6.45) is -5.06. The topological polar surface area (TPSA) is 78.4 Å². The van der Waals surface area contributed by atoms with Crippen LogP contribution >= 0.6 is 11.8 Å². The molecular weight excluding hydrogens is 273 g/mol. The smallest absolute Gasteiger partial charge is 0.422 e. The van der Waals surface area contributed by atoms with Crippen molar-refractivity contribution >= 4 is 23.6 Å². The second kappa shape index (κ2) is 5.35. The van der Waals surface area contributed by atoms with Crippen molar-refractivity contribution < 1.29 is 27.9 Å². The van der Waals surface area contributed by atoms with E-state index in [2.05, 4.69) is 5.32 Å². The third-order valence-corrected chi connectivity index (χ3v) is 3.67. The molecule has 0 saturated carbocycles. The lowest BCUT2D eigenvalue weighted by Crippen LogP contribution is -2.65. The predicted octanol–water partition coefficient (Wildman–Crippen LogP) is 0.213. The standard InChI is InChI=1S/C9H13F3N2O3S/c1-8(7(16)17,9(10,11)12)14-6(15)5-4-18-3-2-13-5/h5,13H,2-4H2,1H3,(H,14,15)(H,16,17). The van der Waals surface area contributed by atoms with Gasteiger partial charge in [0.25, 0.3) is 0 Å². The molecule has 3 N–H and O–H groups in total. The molecule has 0 bridgehead atoms. The molecule has 0 aromatic carbocycles. The maximum Gasteiger partial charge on any atom is 0.422 e. The molecule has 1 heterocycles. The van der Waals surface area contributed by atoms with Gasteiger partial charge >= 0.3 is 12.1 Å². The van der Waals surface area contributed by atoms with Crippen LogP contribution in [0.5, 0.6) is 0 Å². The highest BCUT2D eigenvalue weighted by atomic mass is 32.2. The predicted molar refractivity (Wildman–Crippen MR) is 59.4 cm³/mol. The Labute approximate surface area is 105 Å². The zero-order valence-electron chi connectivity index (χ0n) is 9.50. The highest BCUT2D eigenvalue weighted by Crippen LogP contribution is 2.30. The van der Waals surface area contributed by atoms with E-state index in [1.54, 1.807) is 5.32 Å². The Balaban J connectivity index is 2.78. The van der Waals surface area contributed by atoms with Gasteiger partial charge in [-0.05, 0) is 6.92 Å². The maximum absolute atomic E-state index is 12.7. The van der Waals surface area contributed by atoms with Crippen LogP contribution in [-0.4, -0.2) is 52.8 Å². The molecule has 1 amide bonds. The van der Waals surface area contributed by atoms with Crippen molar-refractivity contribution in [3.05, 3.63) is 0 Å². The number of carbonyl (C=O) groups is 2. The molecule has 1 aliphatic rings. The summed E-state index contributed by atoms with van der Waals surface area (Å²) >= 11 is 1.42. The van der Waals surface area contributed by atoms with Crippen molar-refractivity contribution in [1.82, 2.24) is 10.6 Å². The van der Waals surface area contributed by atoms with Crippen molar-refractivity contribution in [2.45, 2.75) is 24.7 Å². The second-order valence-electron chi connectivity index (χ2n) is 4.00. The minimum atomic E-state index is -5.06. The zero-order chi connectivity index (χ0) is 14.0. The molecule has 1 fully saturated rings. The summed E-state index contributed by atoms with van der Waals surface area (Å²) in [4.78, 5) is 22.3. The molecule has 104 valence electrons. The number of alkyl halides is 3. The van der Waals surface area contributed by atoms with Crippen LogP contribution in [0.4, 0.5) is 13.2 Å². The van der Waals surface area contributed by atoms with Gasteiger partial charge in [0.05, 0.1) is 6.04 Å². The molecule has 1 aliphatic heterocycles. The van der Waals surface area contributed by atoms with Crippen molar-refractivity contribution in [3.63, 3.8) is 0 Å². The van der Waals surface area contributed by atoms with Crippen molar-refractivity contribution in [2.75, 3.05) is 18.1 Å². The number of rotatable bonds is 3. The fraction of sp³-hybridized carbons (Fsp3) is 0.778. The van der Waals surface area contributed by atoms with Gasteiger partial charge in [-0.15, -0.1) is 0 Å². The van der Waals surface area contributed by atoms with Crippen LogP contribution in [0.25, 0.3) is 0 Å². The van der Waals surface area contributed by atoms with E-state index >= 15 is 0 Å². The molecule has 18 heavy (non-hydrogen) atoms. The largest absolute Gasteiger partial charge is 0.479 e. The summed E-state index contributed by atoms with van der Waals surface area (Å²) in [5, 5.41) is 13.0. The van der Waals surface area contributed by atoms with Gasteiger partial charge in [0.15, 0.2) is 0 Å². The van der Waals surface area contributed by atoms with Gasteiger partial charge in [-0.2, -0.15) is 24.9 Å². The van der Waals surface area contributed by atoms with Crippen LogP contribution in [0.15, 0.2) is 0 Å². The molecule has 0 radical (unpaired) electrons. The van der Waals surface area contributed by atoms with E-state index in [0.29, 0.717) is 19.2 Å². The lowest BCUT2D eigenvalue weighted by Gasteiger charge is -2.31. The molecule has 0 spiro atoms. The number of nitrogens with one attached hydrogen (secondary N) is 2. The molecular formula is C9H13F3N2O3S. The summed E-state index contributed by atoms with van der Waals surface area (Å²) in [5.74, 6) is -2.00. The number of hydrogen-bond donors (Lipinski definition) is 3. The minimum Gasteiger partial charge on any atom is -0.479 e. The Kier molecular flexibility index (Phi) is 4.49. The molecule has 0 aromatic heterocycles. The van der Waals surface area contributed by atoms with Crippen molar-refractivity contribution in [2.24, 2.45) is 0 Å². The summed E-state index contributed by atoms with van der Waals surface area (Å²) < 4.78 is 38.0. The number of carboxylic acid groups (broad SMARTS) is 1. The first-order chi connectivity index (χ1) is 8.18. The first-order valence-electron chi connectivity index (χ1n) is 5.12. The van der Waals surface area contributed by atoms with Gasteiger partial charge < -0.3 is 15.7 Å². The van der Waals surface area contributed by atoms with Gasteiger partial charge in [0, 0.05) is 18.1 Å². The van der Waals surface area contributed by atoms with Crippen LogP contribution in [0.1, 0.15) is 6.92 Å². The lowest BCUT2D eigenvalue weighted by atomic mass is 10.0. The third-order valence-electron chi connectivity index (χ3n) is 2.61. The molecule has 0 aliphatic carbocycles. The first kappa shape index (κ1) is 15.1. The van der Waals surface area contributed by atoms with Crippen molar-refractivity contribution in [1.29, 1.82) is 0 Å². The number of halogens is 3. The minimum absolute atomic E-state index is 0.319. The van der Waals surface area contributed by atoms with Gasteiger partial charge in [-0.25, -0.2) is 4.79 Å². The number of hydrogen-bond acceptors (Lipinski definition) is 4. The Morgan fingerprint density at radius 1 is 1.44 bits per heavy atom. The van der Waals surface area contributed by atoms with E-state index in [1.807, 2.05) is 0 Å². The summed E-state index contributed by atoms with van der Waals surface area (Å²) in [6.45, 7) is 0.932. The molecule has 9 heteroatoms. The number of carboxylic acids is 1.